The molecule has 4 nitrogen and oxygen atoms in total. The molecule has 0 aliphatic carbocycles. The van der Waals surface area contributed by atoms with Crippen LogP contribution in [0.15, 0.2) is 53.0 Å². The lowest BCUT2D eigenvalue weighted by Crippen LogP contribution is -2.07. The summed E-state index contributed by atoms with van der Waals surface area (Å²) in [4.78, 5) is 10.8. The smallest absolute Gasteiger partial charge is 0.293 e. The van der Waals surface area contributed by atoms with E-state index in [4.69, 9.17) is 16.3 Å². The highest BCUT2D eigenvalue weighted by atomic mass is 79.9. The first-order valence-corrected chi connectivity index (χ1v) is 8.58. The van der Waals surface area contributed by atoms with Gasteiger partial charge in [0.2, 0.25) is 0 Å². The number of H-pyrrole nitrogens is 1. The van der Waals surface area contributed by atoms with Crippen LogP contribution in [0.5, 0.6) is 0 Å². The Morgan fingerprint density at radius 1 is 1.28 bits per heavy atom. The maximum Gasteiger partial charge on any atom is 0.293 e. The van der Waals surface area contributed by atoms with E-state index in [1.165, 1.54) is 6.07 Å². The van der Waals surface area contributed by atoms with Gasteiger partial charge in [-0.1, -0.05) is 23.7 Å². The molecule has 3 aromatic rings. The number of aromatic nitrogens is 2. The van der Waals surface area contributed by atoms with Crippen LogP contribution in [0.25, 0.3) is 11.3 Å². The quantitative estimate of drug-likeness (QED) is 0.562. The van der Waals surface area contributed by atoms with Crippen LogP contribution in [0.3, 0.4) is 0 Å². The molecule has 0 aliphatic rings. The van der Waals surface area contributed by atoms with Crippen molar-refractivity contribution < 1.29 is 13.9 Å². The first-order chi connectivity index (χ1) is 12.1. The summed E-state index contributed by atoms with van der Waals surface area (Å²) in [7, 11) is 0. The number of carbonyl (C=O) groups excluding carboxylic acids is 1. The first-order valence-electron chi connectivity index (χ1n) is 7.41. The van der Waals surface area contributed by atoms with Gasteiger partial charge in [0.05, 0.1) is 10.2 Å². The summed E-state index contributed by atoms with van der Waals surface area (Å²) < 4.78 is 18.9. The number of carbonyl (C=O) groups is 1. The van der Waals surface area contributed by atoms with E-state index in [1.54, 1.807) is 30.3 Å². The zero-order chi connectivity index (χ0) is 17.8. The molecule has 0 saturated heterocycles. The lowest BCUT2D eigenvalue weighted by molar-refractivity contribution is -0.133. The fourth-order valence-corrected chi connectivity index (χ4v) is 3.07. The second-order valence-electron chi connectivity index (χ2n) is 5.39. The summed E-state index contributed by atoms with van der Waals surface area (Å²) in [6.45, 7) is 0.417. The van der Waals surface area contributed by atoms with E-state index >= 15 is 0 Å². The Labute approximate surface area is 157 Å². The largest absolute Gasteiger partial charge is 0.459 e. The number of hydrogen-bond donors (Lipinski definition) is 1. The predicted molar refractivity (Wildman–Crippen MR) is 96.7 cm³/mol. The first kappa shape index (κ1) is 17.6. The van der Waals surface area contributed by atoms with Crippen LogP contribution >= 0.6 is 27.5 Å². The molecule has 0 amide bonds. The van der Waals surface area contributed by atoms with E-state index in [0.29, 0.717) is 28.1 Å². The van der Waals surface area contributed by atoms with Crippen molar-refractivity contribution >= 4 is 34.0 Å². The molecule has 0 radical (unpaired) electrons. The van der Waals surface area contributed by atoms with Gasteiger partial charge in [0.15, 0.2) is 0 Å². The average molecular weight is 424 g/mol. The molecule has 25 heavy (non-hydrogen) atoms. The summed E-state index contributed by atoms with van der Waals surface area (Å²) in [6.07, 6.45) is -0.0708. The number of aromatic amines is 1. The van der Waals surface area contributed by atoms with E-state index in [-0.39, 0.29) is 5.82 Å². The number of rotatable bonds is 6. The van der Waals surface area contributed by atoms with Crippen molar-refractivity contribution in [1.82, 2.24) is 10.2 Å². The van der Waals surface area contributed by atoms with E-state index in [0.717, 1.165) is 16.8 Å². The van der Waals surface area contributed by atoms with Gasteiger partial charge in [-0.15, -0.1) is 0 Å². The molecule has 0 aliphatic heterocycles. The molecule has 1 atom stereocenters. The van der Waals surface area contributed by atoms with E-state index in [2.05, 4.69) is 26.1 Å². The van der Waals surface area contributed by atoms with Gasteiger partial charge in [-0.05, 0) is 57.9 Å². The van der Waals surface area contributed by atoms with Crippen LogP contribution in [-0.2, 0) is 16.0 Å². The van der Waals surface area contributed by atoms with Crippen molar-refractivity contribution in [2.24, 2.45) is 0 Å². The molecule has 3 rings (SSSR count). The van der Waals surface area contributed by atoms with Gasteiger partial charge < -0.3 is 4.74 Å². The van der Waals surface area contributed by atoms with Crippen LogP contribution in [0.1, 0.15) is 17.4 Å². The molecule has 1 N–H and O–H groups in total. The molecular formula is C18H13BrClFN2O2. The van der Waals surface area contributed by atoms with Crippen LogP contribution in [0.4, 0.5) is 4.39 Å². The Bertz CT molecular complexity index is 900. The van der Waals surface area contributed by atoms with Crippen molar-refractivity contribution in [3.05, 3.63) is 75.1 Å². The topological polar surface area (TPSA) is 55.0 Å². The maximum absolute atomic E-state index is 13.4. The minimum Gasteiger partial charge on any atom is -0.459 e. The van der Waals surface area contributed by atoms with Gasteiger partial charge in [-0.2, -0.15) is 5.10 Å². The van der Waals surface area contributed by atoms with Gasteiger partial charge in [-0.25, -0.2) is 4.39 Å². The van der Waals surface area contributed by atoms with Gasteiger partial charge in [0, 0.05) is 22.7 Å². The monoisotopic (exact) mass is 422 g/mol. The second kappa shape index (κ2) is 7.80. The van der Waals surface area contributed by atoms with Crippen molar-refractivity contribution in [2.45, 2.75) is 12.5 Å². The Hall–Kier alpha value is -2.18. The van der Waals surface area contributed by atoms with E-state index in [9.17, 15) is 9.18 Å². The Morgan fingerprint density at radius 2 is 2.12 bits per heavy atom. The number of ether oxygens (including phenoxy) is 1. The van der Waals surface area contributed by atoms with Crippen LogP contribution in [-0.4, -0.2) is 16.7 Å². The average Bonchev–Trinajstić information content (AvgIpc) is 3.05. The summed E-state index contributed by atoms with van der Waals surface area (Å²) in [5.41, 5.74) is 3.01. The minimum absolute atomic E-state index is 0.333. The zero-order valence-corrected chi connectivity index (χ0v) is 15.2. The van der Waals surface area contributed by atoms with Crippen LogP contribution < -0.4 is 0 Å². The van der Waals surface area contributed by atoms with Gasteiger partial charge in [-0.3, -0.25) is 9.89 Å². The molecule has 128 valence electrons. The third-order valence-corrected chi connectivity index (χ3v) is 4.53. The van der Waals surface area contributed by atoms with Crippen molar-refractivity contribution in [3.8, 4) is 11.3 Å². The molecule has 1 unspecified atom stereocenters. The van der Waals surface area contributed by atoms with Crippen molar-refractivity contribution in [1.29, 1.82) is 0 Å². The number of benzene rings is 2. The van der Waals surface area contributed by atoms with Crippen molar-refractivity contribution in [2.75, 3.05) is 0 Å². The Morgan fingerprint density at radius 3 is 2.84 bits per heavy atom. The highest BCUT2D eigenvalue weighted by Gasteiger charge is 2.16. The van der Waals surface area contributed by atoms with Gasteiger partial charge in [0.25, 0.3) is 6.47 Å². The Balaban J connectivity index is 1.83. The zero-order valence-electron chi connectivity index (χ0n) is 12.9. The summed E-state index contributed by atoms with van der Waals surface area (Å²) in [6, 6.07) is 13.7. The number of halogens is 3. The predicted octanol–water partition coefficient (Wildman–Crippen LogP) is 5.09. The highest BCUT2D eigenvalue weighted by molar-refractivity contribution is 9.10. The lowest BCUT2D eigenvalue weighted by Gasteiger charge is -2.14. The minimum atomic E-state index is -0.482. The summed E-state index contributed by atoms with van der Waals surface area (Å²) in [5.74, 6) is -0.333. The highest BCUT2D eigenvalue weighted by Crippen LogP contribution is 2.27. The molecule has 0 saturated carbocycles. The normalized spacial score (nSPS) is 12.0. The standard InChI is InChI=1S/C18H13BrClFN2O2/c19-15-7-11(4-5-16(15)21)17-8-14(22-23-17)9-18(25-10-24)12-2-1-3-13(20)6-12/h1-8,10,18H,9H2,(H,22,23). The van der Waals surface area contributed by atoms with Gasteiger partial charge >= 0.3 is 0 Å². The second-order valence-corrected chi connectivity index (χ2v) is 6.68. The Kier molecular flexibility index (Phi) is 5.50. The third kappa shape index (κ3) is 4.27. The SMILES string of the molecule is O=COC(Cc1cc(-c2ccc(F)c(Br)c2)n[nH]1)c1cccc(Cl)c1. The molecule has 0 bridgehead atoms. The van der Waals surface area contributed by atoms with Gasteiger partial charge in [0.1, 0.15) is 11.9 Å². The van der Waals surface area contributed by atoms with E-state index < -0.39 is 6.10 Å². The molecule has 7 heteroatoms. The third-order valence-electron chi connectivity index (χ3n) is 3.69. The summed E-state index contributed by atoms with van der Waals surface area (Å²) in [5, 5.41) is 7.74. The fourth-order valence-electron chi connectivity index (χ4n) is 2.49. The van der Waals surface area contributed by atoms with Crippen molar-refractivity contribution in [3.63, 3.8) is 0 Å². The molecule has 2 aromatic carbocycles. The molecular weight excluding hydrogens is 411 g/mol. The number of hydrogen-bond acceptors (Lipinski definition) is 3. The molecule has 1 aromatic heterocycles. The molecule has 1 heterocycles. The molecule has 0 spiro atoms. The molecule has 0 fully saturated rings. The maximum atomic E-state index is 13.4. The van der Waals surface area contributed by atoms with Crippen LogP contribution in [0.2, 0.25) is 5.02 Å². The lowest BCUT2D eigenvalue weighted by atomic mass is 10.0. The van der Waals surface area contributed by atoms with E-state index in [1.807, 2.05) is 12.1 Å². The van der Waals surface area contributed by atoms with Crippen LogP contribution in [0, 0.1) is 5.82 Å². The fraction of sp³-hybridized carbons (Fsp3) is 0.111. The summed E-state index contributed by atoms with van der Waals surface area (Å²) >= 11 is 9.17. The number of nitrogens with one attached hydrogen (secondary N) is 1. The number of nitrogens with zero attached hydrogens (tertiary/aromatic N) is 1.